The second-order valence-corrected chi connectivity index (χ2v) is 11.5. The largest absolute Gasteiger partial charge is 0.370 e. The quantitative estimate of drug-likeness (QED) is 0.596. The van der Waals surface area contributed by atoms with Gasteiger partial charge in [0.1, 0.15) is 0 Å². The highest BCUT2D eigenvalue weighted by molar-refractivity contribution is 6.89. The SMILES string of the molecule is C[Si](C)(CCC1CCC2OC2C1)c1ccccc1. The van der Waals surface area contributed by atoms with E-state index in [1.54, 1.807) is 5.19 Å². The summed E-state index contributed by atoms with van der Waals surface area (Å²) in [5.41, 5.74) is 0. The van der Waals surface area contributed by atoms with Crippen molar-refractivity contribution < 1.29 is 4.74 Å². The highest BCUT2D eigenvalue weighted by atomic mass is 28.3. The summed E-state index contributed by atoms with van der Waals surface area (Å²) in [4.78, 5) is 0. The Bertz CT molecular complexity index is 401. The topological polar surface area (TPSA) is 12.5 Å². The molecule has 1 heterocycles. The minimum atomic E-state index is -1.21. The zero-order chi connectivity index (χ0) is 12.6. The van der Waals surface area contributed by atoms with Gasteiger partial charge in [0.15, 0.2) is 0 Å². The molecular formula is C16H24OSi. The number of fused-ring (bicyclic) bond motifs is 1. The van der Waals surface area contributed by atoms with Gasteiger partial charge in [-0.05, 0) is 25.2 Å². The third-order valence-corrected chi connectivity index (χ3v) is 8.28. The van der Waals surface area contributed by atoms with Crippen LogP contribution in [-0.2, 0) is 4.74 Å². The molecule has 18 heavy (non-hydrogen) atoms. The zero-order valence-corrected chi connectivity index (χ0v) is 12.6. The molecule has 1 saturated heterocycles. The predicted octanol–water partition coefficient (Wildman–Crippen LogP) is 3.56. The first-order chi connectivity index (χ1) is 8.65. The number of rotatable bonds is 4. The summed E-state index contributed by atoms with van der Waals surface area (Å²) in [7, 11) is -1.21. The van der Waals surface area contributed by atoms with Crippen LogP contribution in [0.25, 0.3) is 0 Å². The van der Waals surface area contributed by atoms with Crippen LogP contribution >= 0.6 is 0 Å². The Morgan fingerprint density at radius 1 is 1.11 bits per heavy atom. The number of epoxide rings is 1. The molecule has 2 heteroatoms. The van der Waals surface area contributed by atoms with E-state index in [0.717, 1.165) is 5.92 Å². The minimum Gasteiger partial charge on any atom is -0.370 e. The number of hydrogen-bond acceptors (Lipinski definition) is 1. The third kappa shape index (κ3) is 2.70. The monoisotopic (exact) mass is 260 g/mol. The van der Waals surface area contributed by atoms with Crippen molar-refractivity contribution >= 4 is 13.3 Å². The van der Waals surface area contributed by atoms with Gasteiger partial charge in [0, 0.05) is 0 Å². The van der Waals surface area contributed by atoms with Crippen molar-refractivity contribution in [1.29, 1.82) is 0 Å². The number of ether oxygens (including phenoxy) is 1. The molecule has 0 radical (unpaired) electrons. The van der Waals surface area contributed by atoms with Crippen LogP contribution < -0.4 is 5.19 Å². The fraction of sp³-hybridized carbons (Fsp3) is 0.625. The van der Waals surface area contributed by atoms with Gasteiger partial charge >= 0.3 is 0 Å². The summed E-state index contributed by atoms with van der Waals surface area (Å²) in [6.45, 7) is 5.03. The average Bonchev–Trinajstić information content (AvgIpc) is 3.16. The van der Waals surface area contributed by atoms with Gasteiger partial charge in [0.05, 0.1) is 20.3 Å². The summed E-state index contributed by atoms with van der Waals surface area (Å²) in [5.74, 6) is 0.934. The molecule has 1 aromatic rings. The van der Waals surface area contributed by atoms with E-state index in [0.29, 0.717) is 12.2 Å². The molecule has 3 rings (SSSR count). The van der Waals surface area contributed by atoms with Crippen LogP contribution in [0.2, 0.25) is 19.1 Å². The lowest BCUT2D eigenvalue weighted by molar-refractivity contribution is 0.357. The van der Waals surface area contributed by atoms with E-state index in [4.69, 9.17) is 4.74 Å². The average molecular weight is 260 g/mol. The lowest BCUT2D eigenvalue weighted by Gasteiger charge is -2.26. The van der Waals surface area contributed by atoms with Crippen molar-refractivity contribution in [1.82, 2.24) is 0 Å². The van der Waals surface area contributed by atoms with E-state index >= 15 is 0 Å². The first kappa shape index (κ1) is 12.4. The summed E-state index contributed by atoms with van der Waals surface area (Å²) in [6.07, 6.45) is 6.78. The van der Waals surface area contributed by atoms with Gasteiger partial charge in [-0.1, -0.05) is 61.1 Å². The van der Waals surface area contributed by atoms with Crippen LogP contribution in [0.15, 0.2) is 30.3 Å². The van der Waals surface area contributed by atoms with Gasteiger partial charge < -0.3 is 4.74 Å². The maximum absolute atomic E-state index is 5.64. The van der Waals surface area contributed by atoms with Crippen LogP contribution in [-0.4, -0.2) is 20.3 Å². The van der Waals surface area contributed by atoms with Crippen molar-refractivity contribution in [3.05, 3.63) is 30.3 Å². The maximum Gasteiger partial charge on any atom is 0.0844 e. The molecule has 2 fully saturated rings. The van der Waals surface area contributed by atoms with Crippen molar-refractivity contribution in [2.75, 3.05) is 0 Å². The fourth-order valence-corrected chi connectivity index (χ4v) is 5.86. The van der Waals surface area contributed by atoms with E-state index < -0.39 is 8.07 Å². The second kappa shape index (κ2) is 4.82. The summed E-state index contributed by atoms with van der Waals surface area (Å²) in [5, 5.41) is 1.61. The van der Waals surface area contributed by atoms with Gasteiger partial charge in [0.2, 0.25) is 0 Å². The standard InChI is InChI=1S/C16H24OSi/c1-18(2,14-6-4-3-5-7-14)11-10-13-8-9-15-16(12-13)17-15/h3-7,13,15-16H,8-12H2,1-2H3. The smallest absolute Gasteiger partial charge is 0.0844 e. The van der Waals surface area contributed by atoms with E-state index in [2.05, 4.69) is 43.4 Å². The van der Waals surface area contributed by atoms with E-state index in [1.165, 1.54) is 31.7 Å². The van der Waals surface area contributed by atoms with Crippen LogP contribution in [0.3, 0.4) is 0 Å². The number of hydrogen-bond donors (Lipinski definition) is 0. The van der Waals surface area contributed by atoms with Crippen LogP contribution in [0, 0.1) is 5.92 Å². The van der Waals surface area contributed by atoms with Crippen LogP contribution in [0.1, 0.15) is 25.7 Å². The second-order valence-electron chi connectivity index (χ2n) is 6.68. The molecule has 3 atom stereocenters. The zero-order valence-electron chi connectivity index (χ0n) is 11.6. The maximum atomic E-state index is 5.64. The molecule has 0 N–H and O–H groups in total. The minimum absolute atomic E-state index is 0.644. The molecule has 3 unspecified atom stereocenters. The molecule has 98 valence electrons. The predicted molar refractivity (Wildman–Crippen MR) is 79.0 cm³/mol. The number of benzene rings is 1. The van der Waals surface area contributed by atoms with Crippen molar-refractivity contribution in [2.45, 2.75) is 57.0 Å². The molecule has 2 aliphatic rings. The highest BCUT2D eigenvalue weighted by Crippen LogP contribution is 2.41. The van der Waals surface area contributed by atoms with Gasteiger partial charge in [-0.2, -0.15) is 0 Å². The van der Waals surface area contributed by atoms with Crippen molar-refractivity contribution in [3.63, 3.8) is 0 Å². The van der Waals surface area contributed by atoms with Gasteiger partial charge in [0.25, 0.3) is 0 Å². The Morgan fingerprint density at radius 2 is 1.89 bits per heavy atom. The van der Waals surface area contributed by atoms with E-state index in [9.17, 15) is 0 Å². The van der Waals surface area contributed by atoms with Crippen LogP contribution in [0.4, 0.5) is 0 Å². The normalized spacial score (nSPS) is 30.9. The Morgan fingerprint density at radius 3 is 2.61 bits per heavy atom. The van der Waals surface area contributed by atoms with Gasteiger partial charge in [-0.25, -0.2) is 0 Å². The molecule has 0 amide bonds. The molecule has 1 aliphatic heterocycles. The summed E-state index contributed by atoms with van der Waals surface area (Å²) < 4.78 is 5.64. The van der Waals surface area contributed by atoms with Crippen LogP contribution in [0.5, 0.6) is 0 Å². The molecule has 0 aromatic heterocycles. The molecule has 0 spiro atoms. The molecule has 0 bridgehead atoms. The van der Waals surface area contributed by atoms with E-state index in [1.807, 2.05) is 0 Å². The Kier molecular flexibility index (Phi) is 3.33. The summed E-state index contributed by atoms with van der Waals surface area (Å²) in [6, 6.07) is 12.6. The first-order valence-electron chi connectivity index (χ1n) is 7.36. The third-order valence-electron chi connectivity index (χ3n) is 4.85. The Hall–Kier alpha value is -0.603. The molecule has 1 saturated carbocycles. The fourth-order valence-electron chi connectivity index (χ4n) is 3.35. The molecular weight excluding hydrogens is 236 g/mol. The van der Waals surface area contributed by atoms with Crippen molar-refractivity contribution in [3.8, 4) is 0 Å². The Balaban J connectivity index is 1.55. The van der Waals surface area contributed by atoms with Crippen molar-refractivity contribution in [2.24, 2.45) is 5.92 Å². The highest BCUT2D eigenvalue weighted by Gasteiger charge is 2.43. The molecule has 1 aromatic carbocycles. The van der Waals surface area contributed by atoms with Gasteiger partial charge in [-0.3, -0.25) is 0 Å². The van der Waals surface area contributed by atoms with Gasteiger partial charge in [-0.15, -0.1) is 0 Å². The lowest BCUT2D eigenvalue weighted by Crippen LogP contribution is -2.41. The molecule has 1 aliphatic carbocycles. The Labute approximate surface area is 112 Å². The molecule has 1 nitrogen and oxygen atoms in total. The summed E-state index contributed by atoms with van der Waals surface area (Å²) >= 11 is 0. The first-order valence-corrected chi connectivity index (χ1v) is 10.6. The van der Waals surface area contributed by atoms with E-state index in [-0.39, 0.29) is 0 Å². The lowest BCUT2D eigenvalue weighted by atomic mass is 9.87.